The van der Waals surface area contributed by atoms with Crippen LogP contribution in [0.1, 0.15) is 25.0 Å². The lowest BCUT2D eigenvalue weighted by Crippen LogP contribution is -2.34. The van der Waals surface area contributed by atoms with E-state index in [9.17, 15) is 0 Å². The molecule has 0 atom stereocenters. The van der Waals surface area contributed by atoms with Crippen molar-refractivity contribution in [3.05, 3.63) is 21.7 Å². The second-order valence-corrected chi connectivity index (χ2v) is 5.73. The predicted molar refractivity (Wildman–Crippen MR) is 74.0 cm³/mol. The van der Waals surface area contributed by atoms with Crippen LogP contribution in [0.2, 0.25) is 0 Å². The van der Waals surface area contributed by atoms with E-state index in [1.54, 1.807) is 14.2 Å². The Morgan fingerprint density at radius 2 is 1.76 bits per heavy atom. The minimum atomic E-state index is -0.246. The zero-order valence-corrected chi connectivity index (χ0v) is 12.6. The van der Waals surface area contributed by atoms with Gasteiger partial charge in [-0.2, -0.15) is 0 Å². The fourth-order valence-corrected chi connectivity index (χ4v) is 2.48. The first-order valence-corrected chi connectivity index (χ1v) is 6.28. The number of hydrogen-bond donors (Lipinski definition) is 1. The van der Waals surface area contributed by atoms with Crippen molar-refractivity contribution in [1.29, 1.82) is 0 Å². The first-order chi connectivity index (χ1) is 7.80. The van der Waals surface area contributed by atoms with Crippen LogP contribution in [0.3, 0.4) is 0 Å². The van der Waals surface area contributed by atoms with Gasteiger partial charge in [-0.15, -0.1) is 0 Å². The summed E-state index contributed by atoms with van der Waals surface area (Å²) < 4.78 is 11.6. The van der Waals surface area contributed by atoms with Crippen molar-refractivity contribution in [2.24, 2.45) is 5.73 Å². The maximum absolute atomic E-state index is 6.06. The topological polar surface area (TPSA) is 44.5 Å². The van der Waals surface area contributed by atoms with Crippen LogP contribution in [-0.2, 0) is 6.42 Å². The molecule has 1 aromatic carbocycles. The molecule has 17 heavy (non-hydrogen) atoms. The van der Waals surface area contributed by atoms with Crippen LogP contribution < -0.4 is 15.2 Å². The van der Waals surface area contributed by atoms with E-state index in [0.717, 1.165) is 28.0 Å². The summed E-state index contributed by atoms with van der Waals surface area (Å²) in [5.74, 6) is 1.49. The van der Waals surface area contributed by atoms with E-state index in [1.807, 2.05) is 26.8 Å². The van der Waals surface area contributed by atoms with E-state index in [2.05, 4.69) is 15.9 Å². The summed E-state index contributed by atoms with van der Waals surface area (Å²) in [5.41, 5.74) is 8.06. The molecular formula is C13H20BrNO2. The van der Waals surface area contributed by atoms with Gasteiger partial charge in [-0.1, -0.05) is 0 Å². The number of benzene rings is 1. The third kappa shape index (κ3) is 3.36. The van der Waals surface area contributed by atoms with Gasteiger partial charge in [-0.25, -0.2) is 0 Å². The zero-order valence-electron chi connectivity index (χ0n) is 11.1. The molecule has 1 aromatic rings. The largest absolute Gasteiger partial charge is 0.493 e. The van der Waals surface area contributed by atoms with Crippen molar-refractivity contribution < 1.29 is 9.47 Å². The molecule has 0 saturated carbocycles. The summed E-state index contributed by atoms with van der Waals surface area (Å²) in [6.45, 7) is 6.04. The highest BCUT2D eigenvalue weighted by atomic mass is 79.9. The van der Waals surface area contributed by atoms with Crippen molar-refractivity contribution in [2.75, 3.05) is 14.2 Å². The highest BCUT2D eigenvalue weighted by Crippen LogP contribution is 2.40. The van der Waals surface area contributed by atoms with Gasteiger partial charge < -0.3 is 15.2 Å². The highest BCUT2D eigenvalue weighted by molar-refractivity contribution is 9.10. The normalized spacial score (nSPS) is 11.5. The lowest BCUT2D eigenvalue weighted by atomic mass is 9.93. The van der Waals surface area contributed by atoms with Crippen LogP contribution >= 0.6 is 15.9 Å². The Morgan fingerprint density at radius 1 is 1.24 bits per heavy atom. The average Bonchev–Trinajstić information content (AvgIpc) is 2.20. The number of halogens is 1. The lowest BCUT2D eigenvalue weighted by Gasteiger charge is -2.22. The summed E-state index contributed by atoms with van der Waals surface area (Å²) in [5, 5.41) is 0. The van der Waals surface area contributed by atoms with Gasteiger partial charge in [-0.05, 0) is 60.3 Å². The molecule has 0 bridgehead atoms. The molecule has 0 aliphatic carbocycles. The van der Waals surface area contributed by atoms with E-state index in [0.29, 0.717) is 0 Å². The van der Waals surface area contributed by atoms with Gasteiger partial charge in [-0.3, -0.25) is 0 Å². The van der Waals surface area contributed by atoms with Gasteiger partial charge in [0.1, 0.15) is 0 Å². The second kappa shape index (κ2) is 5.27. The van der Waals surface area contributed by atoms with E-state index in [1.165, 1.54) is 5.56 Å². The molecule has 96 valence electrons. The molecule has 0 radical (unpaired) electrons. The van der Waals surface area contributed by atoms with Gasteiger partial charge in [0.05, 0.1) is 18.7 Å². The Morgan fingerprint density at radius 3 is 2.18 bits per heavy atom. The Hall–Kier alpha value is -0.740. The smallest absolute Gasteiger partial charge is 0.175 e. The minimum Gasteiger partial charge on any atom is -0.493 e. The Kier molecular flexibility index (Phi) is 4.44. The van der Waals surface area contributed by atoms with Crippen molar-refractivity contribution in [1.82, 2.24) is 0 Å². The molecule has 0 fully saturated rings. The maximum atomic E-state index is 6.06. The highest BCUT2D eigenvalue weighted by Gasteiger charge is 2.19. The molecule has 4 heteroatoms. The van der Waals surface area contributed by atoms with E-state index >= 15 is 0 Å². The van der Waals surface area contributed by atoms with Crippen LogP contribution in [0.25, 0.3) is 0 Å². The molecule has 0 aromatic heterocycles. The summed E-state index contributed by atoms with van der Waals surface area (Å²) in [6, 6.07) is 2.05. The second-order valence-electron chi connectivity index (χ2n) is 4.87. The molecule has 2 N–H and O–H groups in total. The van der Waals surface area contributed by atoms with E-state index in [4.69, 9.17) is 15.2 Å². The SMILES string of the molecule is COc1c(Br)cc(CC(C)(C)N)c(C)c1OC. The Labute approximate surface area is 111 Å². The van der Waals surface area contributed by atoms with Crippen LogP contribution in [-0.4, -0.2) is 19.8 Å². The monoisotopic (exact) mass is 301 g/mol. The molecule has 0 spiro atoms. The maximum Gasteiger partial charge on any atom is 0.175 e. The molecule has 3 nitrogen and oxygen atoms in total. The number of nitrogens with two attached hydrogens (primary N) is 1. The van der Waals surface area contributed by atoms with Crippen molar-refractivity contribution in [3.63, 3.8) is 0 Å². The first kappa shape index (κ1) is 14.3. The Bertz CT molecular complexity index is 411. The first-order valence-electron chi connectivity index (χ1n) is 5.49. The predicted octanol–water partition coefficient (Wildman–Crippen LogP) is 3.05. The average molecular weight is 302 g/mol. The van der Waals surface area contributed by atoms with Gasteiger partial charge in [0.25, 0.3) is 0 Å². The minimum absolute atomic E-state index is 0.246. The van der Waals surface area contributed by atoms with Crippen LogP contribution in [0.15, 0.2) is 10.5 Å². The molecule has 0 amide bonds. The lowest BCUT2D eigenvalue weighted by molar-refractivity contribution is 0.350. The molecule has 0 heterocycles. The molecular weight excluding hydrogens is 282 g/mol. The molecule has 0 unspecified atom stereocenters. The fourth-order valence-electron chi connectivity index (χ4n) is 1.86. The number of hydrogen-bond acceptors (Lipinski definition) is 3. The number of ether oxygens (including phenoxy) is 2. The quantitative estimate of drug-likeness (QED) is 0.929. The molecule has 0 aliphatic rings. The molecule has 1 rings (SSSR count). The number of rotatable bonds is 4. The van der Waals surface area contributed by atoms with Gasteiger partial charge in [0, 0.05) is 5.54 Å². The Balaban J connectivity index is 3.30. The van der Waals surface area contributed by atoms with Crippen LogP contribution in [0.4, 0.5) is 0 Å². The van der Waals surface area contributed by atoms with Crippen LogP contribution in [0.5, 0.6) is 11.5 Å². The van der Waals surface area contributed by atoms with Crippen molar-refractivity contribution in [3.8, 4) is 11.5 Å². The standard InChI is InChI=1S/C13H20BrNO2/c1-8-9(7-13(2,3)15)6-10(14)12(17-5)11(8)16-4/h6H,7,15H2,1-5H3. The van der Waals surface area contributed by atoms with Crippen LogP contribution in [0, 0.1) is 6.92 Å². The number of methoxy groups -OCH3 is 2. The van der Waals surface area contributed by atoms with E-state index in [-0.39, 0.29) is 5.54 Å². The van der Waals surface area contributed by atoms with Gasteiger partial charge >= 0.3 is 0 Å². The van der Waals surface area contributed by atoms with Crippen molar-refractivity contribution >= 4 is 15.9 Å². The summed E-state index contributed by atoms with van der Waals surface area (Å²) in [4.78, 5) is 0. The summed E-state index contributed by atoms with van der Waals surface area (Å²) >= 11 is 3.49. The third-order valence-corrected chi connectivity index (χ3v) is 3.19. The van der Waals surface area contributed by atoms with Gasteiger partial charge in [0.15, 0.2) is 11.5 Å². The summed E-state index contributed by atoms with van der Waals surface area (Å²) in [6.07, 6.45) is 0.789. The third-order valence-electron chi connectivity index (χ3n) is 2.60. The summed E-state index contributed by atoms with van der Waals surface area (Å²) in [7, 11) is 3.28. The van der Waals surface area contributed by atoms with E-state index < -0.39 is 0 Å². The molecule has 0 aliphatic heterocycles. The van der Waals surface area contributed by atoms with Gasteiger partial charge in [0.2, 0.25) is 0 Å². The van der Waals surface area contributed by atoms with Crippen molar-refractivity contribution in [2.45, 2.75) is 32.7 Å². The zero-order chi connectivity index (χ0) is 13.2. The fraction of sp³-hybridized carbons (Fsp3) is 0.538. The molecule has 0 saturated heterocycles.